The molecule has 1 aliphatic carbocycles. The van der Waals surface area contributed by atoms with E-state index in [0.29, 0.717) is 41.4 Å². The normalized spacial score (nSPS) is 13.3. The van der Waals surface area contributed by atoms with Gasteiger partial charge >= 0.3 is 5.97 Å². The highest BCUT2D eigenvalue weighted by molar-refractivity contribution is 6.03. The first-order chi connectivity index (χ1) is 15.0. The van der Waals surface area contributed by atoms with Crippen molar-refractivity contribution in [3.05, 3.63) is 52.8 Å². The van der Waals surface area contributed by atoms with E-state index in [1.54, 1.807) is 20.0 Å². The number of amides is 1. The van der Waals surface area contributed by atoms with Crippen molar-refractivity contribution in [2.24, 2.45) is 0 Å². The van der Waals surface area contributed by atoms with Crippen LogP contribution in [0, 0.1) is 6.92 Å². The molecule has 8 heteroatoms. The molecule has 162 valence electrons. The van der Waals surface area contributed by atoms with Gasteiger partial charge in [0.25, 0.3) is 11.6 Å². The van der Waals surface area contributed by atoms with Gasteiger partial charge in [0.15, 0.2) is 6.61 Å². The van der Waals surface area contributed by atoms with Gasteiger partial charge in [0, 0.05) is 25.2 Å². The van der Waals surface area contributed by atoms with Crippen molar-refractivity contribution in [1.82, 2.24) is 15.0 Å². The van der Waals surface area contributed by atoms with Gasteiger partial charge in [0.05, 0.1) is 23.3 Å². The van der Waals surface area contributed by atoms with Gasteiger partial charge in [-0.15, -0.1) is 0 Å². The van der Waals surface area contributed by atoms with Crippen LogP contribution in [0.2, 0.25) is 0 Å². The summed E-state index contributed by atoms with van der Waals surface area (Å²) in [6.45, 7) is 4.33. The zero-order valence-electron chi connectivity index (χ0n) is 17.9. The lowest BCUT2D eigenvalue weighted by atomic mass is 10.1. The number of fused-ring (bicyclic) bond motifs is 1. The second-order valence-corrected chi connectivity index (χ2v) is 7.72. The lowest BCUT2D eigenvalue weighted by Crippen LogP contribution is -2.30. The van der Waals surface area contributed by atoms with E-state index in [1.807, 2.05) is 31.2 Å². The average molecular weight is 423 g/mol. The zero-order valence-corrected chi connectivity index (χ0v) is 17.9. The van der Waals surface area contributed by atoms with Crippen LogP contribution in [0.5, 0.6) is 5.75 Å². The fourth-order valence-corrected chi connectivity index (χ4v) is 3.40. The summed E-state index contributed by atoms with van der Waals surface area (Å²) < 4.78 is 16.0. The summed E-state index contributed by atoms with van der Waals surface area (Å²) >= 11 is 0. The van der Waals surface area contributed by atoms with E-state index in [4.69, 9.17) is 14.0 Å². The monoisotopic (exact) mass is 423 g/mol. The molecule has 4 rings (SSSR count). The number of carbonyl (C=O) groups is 2. The summed E-state index contributed by atoms with van der Waals surface area (Å²) in [5.74, 6) is 0.246. The lowest BCUT2D eigenvalue weighted by Gasteiger charge is -2.17. The Morgan fingerprint density at radius 2 is 1.97 bits per heavy atom. The first-order valence-electron chi connectivity index (χ1n) is 10.4. The maximum Gasteiger partial charge on any atom is 0.339 e. The number of hydrogen-bond donors (Lipinski definition) is 0. The summed E-state index contributed by atoms with van der Waals surface area (Å²) in [5, 5.41) is 4.45. The number of rotatable bonds is 8. The fraction of sp³-hybridized carbons (Fsp3) is 0.391. The van der Waals surface area contributed by atoms with Crippen LogP contribution < -0.4 is 4.74 Å². The molecule has 1 amide bonds. The number of aromatic nitrogens is 2. The van der Waals surface area contributed by atoms with Crippen LogP contribution in [-0.2, 0) is 16.1 Å². The number of ether oxygens (including phenoxy) is 2. The third-order valence-corrected chi connectivity index (χ3v) is 5.26. The minimum Gasteiger partial charge on any atom is -0.494 e. The van der Waals surface area contributed by atoms with E-state index in [9.17, 15) is 9.59 Å². The summed E-state index contributed by atoms with van der Waals surface area (Å²) in [6, 6.07) is 9.28. The molecule has 0 radical (unpaired) electrons. The number of likely N-dealkylation sites (N-methyl/N-ethyl adjacent to an activating group) is 1. The summed E-state index contributed by atoms with van der Waals surface area (Å²) in [4.78, 5) is 31.3. The molecule has 0 bridgehead atoms. The molecule has 1 saturated carbocycles. The van der Waals surface area contributed by atoms with Gasteiger partial charge in [-0.2, -0.15) is 0 Å². The van der Waals surface area contributed by atoms with Crippen LogP contribution in [0.15, 0.2) is 34.9 Å². The third kappa shape index (κ3) is 4.68. The minimum atomic E-state index is -0.580. The van der Waals surface area contributed by atoms with Gasteiger partial charge in [-0.05, 0) is 50.5 Å². The van der Waals surface area contributed by atoms with Crippen molar-refractivity contribution in [3.63, 3.8) is 0 Å². The summed E-state index contributed by atoms with van der Waals surface area (Å²) in [7, 11) is 1.67. The van der Waals surface area contributed by atoms with Crippen molar-refractivity contribution < 1.29 is 23.6 Å². The number of nitrogens with zero attached hydrogens (tertiary/aromatic N) is 3. The molecule has 1 aliphatic rings. The highest BCUT2D eigenvalue weighted by Crippen LogP contribution is 2.40. The molecule has 1 aromatic carbocycles. The highest BCUT2D eigenvalue weighted by Gasteiger charge is 2.29. The molecular formula is C23H25N3O5. The number of pyridine rings is 1. The van der Waals surface area contributed by atoms with Crippen LogP contribution in [-0.4, -0.2) is 47.2 Å². The second kappa shape index (κ2) is 8.75. The Hall–Kier alpha value is -3.42. The molecule has 8 nitrogen and oxygen atoms in total. The van der Waals surface area contributed by atoms with Gasteiger partial charge in [-0.1, -0.05) is 17.3 Å². The molecule has 31 heavy (non-hydrogen) atoms. The minimum absolute atomic E-state index is 0.294. The van der Waals surface area contributed by atoms with Gasteiger partial charge in [-0.3, -0.25) is 4.79 Å². The molecule has 0 unspecified atom stereocenters. The van der Waals surface area contributed by atoms with Crippen molar-refractivity contribution in [1.29, 1.82) is 0 Å². The fourth-order valence-electron chi connectivity index (χ4n) is 3.40. The highest BCUT2D eigenvalue weighted by atomic mass is 16.5. The Morgan fingerprint density at radius 3 is 2.65 bits per heavy atom. The molecule has 0 spiro atoms. The Kier molecular flexibility index (Phi) is 5.88. The number of aryl methyl sites for hydroxylation is 1. The smallest absolute Gasteiger partial charge is 0.339 e. The largest absolute Gasteiger partial charge is 0.494 e. The van der Waals surface area contributed by atoms with Crippen molar-refractivity contribution in [3.8, 4) is 5.75 Å². The first-order valence-corrected chi connectivity index (χ1v) is 10.4. The van der Waals surface area contributed by atoms with E-state index < -0.39 is 5.97 Å². The third-order valence-electron chi connectivity index (χ3n) is 5.26. The molecule has 2 aromatic heterocycles. The Bertz CT molecular complexity index is 1100. The predicted molar refractivity (Wildman–Crippen MR) is 113 cm³/mol. The van der Waals surface area contributed by atoms with Crippen LogP contribution in [0.4, 0.5) is 0 Å². The van der Waals surface area contributed by atoms with Gasteiger partial charge in [-0.25, -0.2) is 9.78 Å². The van der Waals surface area contributed by atoms with E-state index >= 15 is 0 Å². The zero-order chi connectivity index (χ0) is 22.0. The van der Waals surface area contributed by atoms with Crippen molar-refractivity contribution >= 4 is 23.0 Å². The van der Waals surface area contributed by atoms with E-state index in [-0.39, 0.29) is 12.5 Å². The van der Waals surface area contributed by atoms with E-state index in [0.717, 1.165) is 29.8 Å². The Morgan fingerprint density at radius 1 is 1.23 bits per heavy atom. The van der Waals surface area contributed by atoms with Crippen LogP contribution in [0.25, 0.3) is 11.1 Å². The number of carbonyl (C=O) groups excluding carboxylic acids is 2. The SMILES string of the molecule is CCOc1ccc(CN(C)C(=O)COC(=O)c2cc(C3CC3)nc3onc(C)c23)cc1. The maximum atomic E-state index is 12.8. The second-order valence-electron chi connectivity index (χ2n) is 7.72. The van der Waals surface area contributed by atoms with E-state index in [1.165, 1.54) is 4.90 Å². The Balaban J connectivity index is 1.40. The Labute approximate surface area is 180 Å². The predicted octanol–water partition coefficient (Wildman–Crippen LogP) is 3.62. The van der Waals surface area contributed by atoms with Crippen molar-refractivity contribution in [2.45, 2.75) is 39.2 Å². The average Bonchev–Trinajstić information content (AvgIpc) is 3.56. The maximum absolute atomic E-state index is 12.8. The molecule has 2 heterocycles. The molecule has 3 aromatic rings. The molecule has 1 fully saturated rings. The topological polar surface area (TPSA) is 94.8 Å². The number of benzene rings is 1. The van der Waals surface area contributed by atoms with Gasteiger partial charge in [0.2, 0.25) is 0 Å². The number of esters is 1. The van der Waals surface area contributed by atoms with Gasteiger partial charge < -0.3 is 18.9 Å². The van der Waals surface area contributed by atoms with Crippen LogP contribution >= 0.6 is 0 Å². The molecule has 0 aliphatic heterocycles. The van der Waals surface area contributed by atoms with E-state index in [2.05, 4.69) is 10.1 Å². The standard InChI is InChI=1S/C23H25N3O5/c1-4-29-17-9-5-15(6-10-17)12-26(3)20(27)13-30-23(28)18-11-19(16-7-8-16)24-22-21(18)14(2)25-31-22/h5-6,9-11,16H,4,7-8,12-13H2,1-3H3. The summed E-state index contributed by atoms with van der Waals surface area (Å²) in [5.41, 5.74) is 2.99. The number of hydrogen-bond acceptors (Lipinski definition) is 7. The van der Waals surface area contributed by atoms with Crippen LogP contribution in [0.3, 0.4) is 0 Å². The van der Waals surface area contributed by atoms with Crippen LogP contribution in [0.1, 0.15) is 53.0 Å². The first kappa shape index (κ1) is 20.8. The summed E-state index contributed by atoms with van der Waals surface area (Å²) in [6.07, 6.45) is 2.07. The quantitative estimate of drug-likeness (QED) is 0.511. The molecule has 0 N–H and O–H groups in total. The molecule has 0 saturated heterocycles. The molecule has 0 atom stereocenters. The lowest BCUT2D eigenvalue weighted by molar-refractivity contribution is -0.133. The van der Waals surface area contributed by atoms with Crippen molar-refractivity contribution in [2.75, 3.05) is 20.3 Å². The van der Waals surface area contributed by atoms with Gasteiger partial charge in [0.1, 0.15) is 5.75 Å². The molecular weight excluding hydrogens is 398 g/mol.